The lowest BCUT2D eigenvalue weighted by molar-refractivity contribution is -0.146. The van der Waals surface area contributed by atoms with Crippen LogP contribution >= 0.6 is 0 Å². The highest BCUT2D eigenvalue weighted by molar-refractivity contribution is 5.81. The highest BCUT2D eigenvalue weighted by Gasteiger charge is 2.41. The van der Waals surface area contributed by atoms with Crippen molar-refractivity contribution < 1.29 is 9.90 Å². The van der Waals surface area contributed by atoms with Crippen molar-refractivity contribution in [3.05, 3.63) is 35.9 Å². The standard InChI is InChI=1S/C17H28N2O2/c1-5-14(4)19(7-3)13-17(16(20)21,18-6-2)15-11-9-8-10-12-15/h8-12,14,18H,5-7,13H2,1-4H3,(H,20,21). The van der Waals surface area contributed by atoms with Gasteiger partial charge in [0.2, 0.25) is 0 Å². The quantitative estimate of drug-likeness (QED) is 0.735. The van der Waals surface area contributed by atoms with Gasteiger partial charge in [0.1, 0.15) is 0 Å². The first-order chi connectivity index (χ1) is 10.0. The number of carboxylic acid groups (broad SMARTS) is 1. The van der Waals surface area contributed by atoms with Gasteiger partial charge in [0.05, 0.1) is 0 Å². The molecule has 0 aliphatic carbocycles. The van der Waals surface area contributed by atoms with Crippen LogP contribution in [0.3, 0.4) is 0 Å². The molecule has 0 radical (unpaired) electrons. The van der Waals surface area contributed by atoms with Gasteiger partial charge in [-0.05, 0) is 32.0 Å². The monoisotopic (exact) mass is 292 g/mol. The Morgan fingerprint density at radius 3 is 2.33 bits per heavy atom. The number of nitrogens with one attached hydrogen (secondary N) is 1. The molecular weight excluding hydrogens is 264 g/mol. The SMILES string of the molecule is CCNC(CN(CC)C(C)CC)(C(=O)O)c1ccccc1. The third-order valence-electron chi connectivity index (χ3n) is 4.17. The van der Waals surface area contributed by atoms with E-state index in [1.54, 1.807) is 0 Å². The Labute approximate surface area is 128 Å². The van der Waals surface area contributed by atoms with Crippen LogP contribution in [0.4, 0.5) is 0 Å². The van der Waals surface area contributed by atoms with Crippen LogP contribution in [0.15, 0.2) is 30.3 Å². The van der Waals surface area contributed by atoms with Gasteiger partial charge in [-0.3, -0.25) is 10.2 Å². The van der Waals surface area contributed by atoms with E-state index >= 15 is 0 Å². The molecule has 0 spiro atoms. The molecule has 0 bridgehead atoms. The van der Waals surface area contributed by atoms with Crippen molar-refractivity contribution in [2.45, 2.75) is 45.7 Å². The number of hydrogen-bond donors (Lipinski definition) is 2. The van der Waals surface area contributed by atoms with Gasteiger partial charge in [0.25, 0.3) is 0 Å². The van der Waals surface area contributed by atoms with E-state index in [0.29, 0.717) is 19.1 Å². The van der Waals surface area contributed by atoms with Crippen LogP contribution in [0, 0.1) is 0 Å². The van der Waals surface area contributed by atoms with Crippen LogP contribution in [0.1, 0.15) is 39.7 Å². The van der Waals surface area contributed by atoms with Gasteiger partial charge < -0.3 is 5.11 Å². The smallest absolute Gasteiger partial charge is 0.329 e. The molecule has 2 unspecified atom stereocenters. The highest BCUT2D eigenvalue weighted by Crippen LogP contribution is 2.24. The maximum Gasteiger partial charge on any atom is 0.329 e. The van der Waals surface area contributed by atoms with E-state index < -0.39 is 11.5 Å². The zero-order valence-electron chi connectivity index (χ0n) is 13.6. The third-order valence-corrected chi connectivity index (χ3v) is 4.17. The molecule has 1 aromatic rings. The molecule has 118 valence electrons. The van der Waals surface area contributed by atoms with Crippen LogP contribution in [-0.2, 0) is 10.3 Å². The summed E-state index contributed by atoms with van der Waals surface area (Å²) < 4.78 is 0. The van der Waals surface area contributed by atoms with Crippen LogP contribution in [0.2, 0.25) is 0 Å². The van der Waals surface area contributed by atoms with Crippen molar-refractivity contribution in [1.29, 1.82) is 0 Å². The summed E-state index contributed by atoms with van der Waals surface area (Å²) in [7, 11) is 0. The Balaban J connectivity index is 3.21. The topological polar surface area (TPSA) is 52.6 Å². The van der Waals surface area contributed by atoms with Crippen LogP contribution < -0.4 is 5.32 Å². The second-order valence-electron chi connectivity index (χ2n) is 5.43. The summed E-state index contributed by atoms with van der Waals surface area (Å²) in [5, 5.41) is 13.1. The van der Waals surface area contributed by atoms with E-state index in [1.165, 1.54) is 0 Å². The molecule has 2 N–H and O–H groups in total. The van der Waals surface area contributed by atoms with Gasteiger partial charge in [-0.15, -0.1) is 0 Å². The molecule has 1 aromatic carbocycles. The van der Waals surface area contributed by atoms with Crippen LogP contribution in [0.25, 0.3) is 0 Å². The number of carboxylic acids is 1. The van der Waals surface area contributed by atoms with Gasteiger partial charge in [0, 0.05) is 12.6 Å². The lowest BCUT2D eigenvalue weighted by Gasteiger charge is -2.38. The Morgan fingerprint density at radius 2 is 1.90 bits per heavy atom. The van der Waals surface area contributed by atoms with Gasteiger partial charge in [0.15, 0.2) is 5.54 Å². The molecule has 0 fully saturated rings. The van der Waals surface area contributed by atoms with Crippen molar-refractivity contribution in [2.75, 3.05) is 19.6 Å². The summed E-state index contributed by atoms with van der Waals surface area (Å²) in [6.07, 6.45) is 1.00. The number of benzene rings is 1. The molecule has 1 rings (SSSR count). The first-order valence-corrected chi connectivity index (χ1v) is 7.79. The van der Waals surface area contributed by atoms with Crippen molar-refractivity contribution in [3.8, 4) is 0 Å². The zero-order valence-corrected chi connectivity index (χ0v) is 13.6. The Bertz CT molecular complexity index is 436. The van der Waals surface area contributed by atoms with Crippen LogP contribution in [-0.4, -0.2) is 41.7 Å². The molecule has 0 saturated heterocycles. The van der Waals surface area contributed by atoms with Gasteiger partial charge in [-0.2, -0.15) is 0 Å². The van der Waals surface area contributed by atoms with E-state index in [0.717, 1.165) is 18.5 Å². The molecule has 0 amide bonds. The summed E-state index contributed by atoms with van der Waals surface area (Å²) in [5.74, 6) is -0.822. The average molecular weight is 292 g/mol. The summed E-state index contributed by atoms with van der Waals surface area (Å²) in [4.78, 5) is 14.3. The summed E-state index contributed by atoms with van der Waals surface area (Å²) >= 11 is 0. The fourth-order valence-corrected chi connectivity index (χ4v) is 2.68. The van der Waals surface area contributed by atoms with Crippen LogP contribution in [0.5, 0.6) is 0 Å². The number of aliphatic carboxylic acids is 1. The van der Waals surface area contributed by atoms with E-state index in [2.05, 4.69) is 31.0 Å². The number of carbonyl (C=O) groups is 1. The minimum Gasteiger partial charge on any atom is -0.480 e. The third kappa shape index (κ3) is 4.05. The molecule has 2 atom stereocenters. The van der Waals surface area contributed by atoms with E-state index in [-0.39, 0.29) is 0 Å². The van der Waals surface area contributed by atoms with Crippen molar-refractivity contribution >= 4 is 5.97 Å². The molecule has 4 heteroatoms. The van der Waals surface area contributed by atoms with E-state index in [1.807, 2.05) is 37.3 Å². The van der Waals surface area contributed by atoms with Crippen molar-refractivity contribution in [1.82, 2.24) is 10.2 Å². The average Bonchev–Trinajstić information content (AvgIpc) is 2.51. The van der Waals surface area contributed by atoms with Gasteiger partial charge in [-0.1, -0.05) is 51.1 Å². The van der Waals surface area contributed by atoms with E-state index in [9.17, 15) is 9.90 Å². The summed E-state index contributed by atoms with van der Waals surface area (Å²) in [5.41, 5.74) is -0.253. The molecule has 4 nitrogen and oxygen atoms in total. The Morgan fingerprint density at radius 1 is 1.29 bits per heavy atom. The lowest BCUT2D eigenvalue weighted by atomic mass is 9.88. The molecule has 21 heavy (non-hydrogen) atoms. The number of likely N-dealkylation sites (N-methyl/N-ethyl adjacent to an activating group) is 2. The fraction of sp³-hybridized carbons (Fsp3) is 0.588. The summed E-state index contributed by atoms with van der Waals surface area (Å²) in [6.45, 7) is 10.2. The van der Waals surface area contributed by atoms with Gasteiger partial charge >= 0.3 is 5.97 Å². The van der Waals surface area contributed by atoms with Crippen molar-refractivity contribution in [3.63, 3.8) is 0 Å². The number of nitrogens with zero attached hydrogens (tertiary/aromatic N) is 1. The maximum absolute atomic E-state index is 12.1. The minimum absolute atomic E-state index is 0.357. The molecule has 0 aliphatic heterocycles. The van der Waals surface area contributed by atoms with Gasteiger partial charge in [-0.25, -0.2) is 4.79 Å². The minimum atomic E-state index is -1.06. The predicted octanol–water partition coefficient (Wildman–Crippen LogP) is 2.70. The second-order valence-corrected chi connectivity index (χ2v) is 5.43. The Kier molecular flexibility index (Phi) is 6.85. The molecule has 0 aliphatic rings. The molecule has 0 saturated carbocycles. The second kappa shape index (κ2) is 8.15. The maximum atomic E-state index is 12.1. The first kappa shape index (κ1) is 17.7. The molecule has 0 aromatic heterocycles. The lowest BCUT2D eigenvalue weighted by Crippen LogP contribution is -2.57. The molecule has 0 heterocycles. The number of rotatable bonds is 9. The van der Waals surface area contributed by atoms with E-state index in [4.69, 9.17) is 0 Å². The largest absolute Gasteiger partial charge is 0.480 e. The predicted molar refractivity (Wildman–Crippen MR) is 86.4 cm³/mol. The Hall–Kier alpha value is -1.39. The zero-order chi connectivity index (χ0) is 15.9. The first-order valence-electron chi connectivity index (χ1n) is 7.79. The summed E-state index contributed by atoms with van der Waals surface area (Å²) in [6, 6.07) is 9.83. The fourth-order valence-electron chi connectivity index (χ4n) is 2.68. The molecular formula is C17H28N2O2. The normalized spacial score (nSPS) is 15.7. The van der Waals surface area contributed by atoms with Crippen molar-refractivity contribution in [2.24, 2.45) is 0 Å². The number of hydrogen-bond acceptors (Lipinski definition) is 3. The highest BCUT2D eigenvalue weighted by atomic mass is 16.4.